The summed E-state index contributed by atoms with van der Waals surface area (Å²) in [6.45, 7) is 2.28. The van der Waals surface area contributed by atoms with E-state index in [4.69, 9.17) is 4.74 Å². The van der Waals surface area contributed by atoms with Crippen LogP contribution in [0.15, 0.2) is 42.5 Å². The van der Waals surface area contributed by atoms with Crippen molar-refractivity contribution in [2.45, 2.75) is 38.6 Å². The van der Waals surface area contributed by atoms with Crippen LogP contribution >= 0.6 is 0 Å². The second-order valence-electron chi connectivity index (χ2n) is 6.52. The number of halogens is 3. The standard InChI is InChI=1S/C20H20F3NO4/c1-2-24(15-5-3-14-12-16(25)6-4-13(14)11-15)19(26)27-17-7-9-18(10-8-17)28-20(21,22)23/h4,6-10,12,15,25H,2-3,5,11H2,1H3. The molecule has 0 heterocycles. The number of ether oxygens (including phenoxy) is 2. The lowest BCUT2D eigenvalue weighted by atomic mass is 9.87. The average molecular weight is 395 g/mol. The zero-order valence-electron chi connectivity index (χ0n) is 15.2. The van der Waals surface area contributed by atoms with Gasteiger partial charge < -0.3 is 19.5 Å². The van der Waals surface area contributed by atoms with Crippen molar-refractivity contribution in [1.82, 2.24) is 4.90 Å². The molecular formula is C20H20F3NO4. The second-order valence-corrected chi connectivity index (χ2v) is 6.52. The summed E-state index contributed by atoms with van der Waals surface area (Å²) in [5.41, 5.74) is 2.15. The third-order valence-electron chi connectivity index (χ3n) is 4.67. The molecule has 0 spiro atoms. The molecule has 0 radical (unpaired) electrons. The van der Waals surface area contributed by atoms with Crippen LogP contribution in [0, 0.1) is 0 Å². The first-order valence-corrected chi connectivity index (χ1v) is 8.90. The summed E-state index contributed by atoms with van der Waals surface area (Å²) >= 11 is 0. The maximum absolute atomic E-state index is 12.6. The summed E-state index contributed by atoms with van der Waals surface area (Å²) in [5, 5.41) is 9.59. The van der Waals surface area contributed by atoms with Gasteiger partial charge in [-0.05, 0) is 73.7 Å². The Morgan fingerprint density at radius 3 is 2.46 bits per heavy atom. The van der Waals surface area contributed by atoms with Crippen LogP contribution in [0.25, 0.3) is 0 Å². The molecule has 150 valence electrons. The van der Waals surface area contributed by atoms with Crippen LogP contribution in [0.5, 0.6) is 17.2 Å². The second kappa shape index (κ2) is 8.00. The van der Waals surface area contributed by atoms with E-state index in [2.05, 4.69) is 4.74 Å². The zero-order chi connectivity index (χ0) is 20.3. The molecule has 0 saturated heterocycles. The lowest BCUT2D eigenvalue weighted by molar-refractivity contribution is -0.274. The highest BCUT2D eigenvalue weighted by Crippen LogP contribution is 2.29. The van der Waals surface area contributed by atoms with Crippen LogP contribution in [0.1, 0.15) is 24.5 Å². The fraction of sp³-hybridized carbons (Fsp3) is 0.350. The Labute approximate surface area is 160 Å². The Hall–Kier alpha value is -2.90. The molecule has 1 unspecified atom stereocenters. The van der Waals surface area contributed by atoms with Gasteiger partial charge in [0.15, 0.2) is 0 Å². The molecule has 3 rings (SSSR count). The van der Waals surface area contributed by atoms with Gasteiger partial charge in [-0.2, -0.15) is 0 Å². The molecule has 1 atom stereocenters. The topological polar surface area (TPSA) is 59.0 Å². The minimum atomic E-state index is -4.77. The molecule has 28 heavy (non-hydrogen) atoms. The number of amides is 1. The highest BCUT2D eigenvalue weighted by molar-refractivity contribution is 5.71. The predicted octanol–water partition coefficient (Wildman–Crippen LogP) is 4.67. The number of rotatable bonds is 4. The van der Waals surface area contributed by atoms with Gasteiger partial charge in [0.05, 0.1) is 0 Å². The number of fused-ring (bicyclic) bond motifs is 1. The van der Waals surface area contributed by atoms with E-state index >= 15 is 0 Å². The van der Waals surface area contributed by atoms with Crippen LogP contribution in [-0.4, -0.2) is 35.0 Å². The molecule has 1 aliphatic carbocycles. The largest absolute Gasteiger partial charge is 0.573 e. The van der Waals surface area contributed by atoms with Crippen molar-refractivity contribution in [3.63, 3.8) is 0 Å². The summed E-state index contributed by atoms with van der Waals surface area (Å²) < 4.78 is 45.7. The summed E-state index contributed by atoms with van der Waals surface area (Å²) in [7, 11) is 0. The molecule has 0 fully saturated rings. The maximum Gasteiger partial charge on any atom is 0.573 e. The number of nitrogens with zero attached hydrogens (tertiary/aromatic N) is 1. The van der Waals surface area contributed by atoms with Crippen molar-refractivity contribution in [3.05, 3.63) is 53.6 Å². The number of carbonyl (C=O) groups excluding carboxylic acids is 1. The predicted molar refractivity (Wildman–Crippen MR) is 95.4 cm³/mol. The van der Waals surface area contributed by atoms with Crippen molar-refractivity contribution in [2.24, 2.45) is 0 Å². The minimum absolute atomic E-state index is 0.0534. The fourth-order valence-electron chi connectivity index (χ4n) is 3.39. The Bertz CT molecular complexity index is 836. The van der Waals surface area contributed by atoms with E-state index in [-0.39, 0.29) is 23.3 Å². The first kappa shape index (κ1) is 19.9. The summed E-state index contributed by atoms with van der Waals surface area (Å²) in [6.07, 6.45) is -3.21. The van der Waals surface area contributed by atoms with E-state index in [9.17, 15) is 23.1 Å². The quantitative estimate of drug-likeness (QED) is 0.818. The van der Waals surface area contributed by atoms with Crippen molar-refractivity contribution >= 4 is 6.09 Å². The molecule has 5 nitrogen and oxygen atoms in total. The Morgan fingerprint density at radius 2 is 1.82 bits per heavy atom. The van der Waals surface area contributed by atoms with Crippen LogP contribution in [0.4, 0.5) is 18.0 Å². The van der Waals surface area contributed by atoms with Crippen molar-refractivity contribution in [2.75, 3.05) is 6.54 Å². The normalized spacial score (nSPS) is 16.2. The van der Waals surface area contributed by atoms with E-state index in [1.54, 1.807) is 17.0 Å². The van der Waals surface area contributed by atoms with E-state index in [0.29, 0.717) is 13.0 Å². The number of alkyl halides is 3. The van der Waals surface area contributed by atoms with Crippen LogP contribution < -0.4 is 9.47 Å². The van der Waals surface area contributed by atoms with Crippen LogP contribution in [0.3, 0.4) is 0 Å². The van der Waals surface area contributed by atoms with E-state index in [1.807, 2.05) is 13.0 Å². The van der Waals surface area contributed by atoms with Gasteiger partial charge in [0, 0.05) is 12.6 Å². The monoisotopic (exact) mass is 395 g/mol. The highest BCUT2D eigenvalue weighted by atomic mass is 19.4. The maximum atomic E-state index is 12.6. The molecular weight excluding hydrogens is 375 g/mol. The molecule has 0 bridgehead atoms. The Balaban J connectivity index is 1.65. The lowest BCUT2D eigenvalue weighted by Gasteiger charge is -2.33. The molecule has 0 aromatic heterocycles. The number of likely N-dealkylation sites (N-methyl/N-ethyl adjacent to an activating group) is 1. The van der Waals surface area contributed by atoms with E-state index in [0.717, 1.165) is 36.1 Å². The molecule has 1 N–H and O–H groups in total. The van der Waals surface area contributed by atoms with Crippen molar-refractivity contribution in [3.8, 4) is 17.2 Å². The van der Waals surface area contributed by atoms with Crippen molar-refractivity contribution < 1.29 is 32.5 Å². The van der Waals surface area contributed by atoms with Gasteiger partial charge in [0.2, 0.25) is 0 Å². The van der Waals surface area contributed by atoms with Gasteiger partial charge in [-0.25, -0.2) is 4.79 Å². The molecule has 2 aromatic carbocycles. The number of hydrogen-bond donors (Lipinski definition) is 1. The van der Waals surface area contributed by atoms with Crippen LogP contribution in [0.2, 0.25) is 0 Å². The summed E-state index contributed by atoms with van der Waals surface area (Å²) in [5.74, 6) is -0.0206. The summed E-state index contributed by atoms with van der Waals surface area (Å²) in [4.78, 5) is 14.2. The number of aryl methyl sites for hydroxylation is 1. The average Bonchev–Trinajstić information content (AvgIpc) is 2.63. The van der Waals surface area contributed by atoms with Gasteiger partial charge in [0.1, 0.15) is 17.2 Å². The highest BCUT2D eigenvalue weighted by Gasteiger charge is 2.31. The Kier molecular flexibility index (Phi) is 5.67. The fourth-order valence-corrected chi connectivity index (χ4v) is 3.39. The van der Waals surface area contributed by atoms with Gasteiger partial charge in [-0.3, -0.25) is 0 Å². The summed E-state index contributed by atoms with van der Waals surface area (Å²) in [6, 6.07) is 9.87. The third-order valence-corrected chi connectivity index (χ3v) is 4.67. The van der Waals surface area contributed by atoms with Gasteiger partial charge in [-0.15, -0.1) is 13.2 Å². The third kappa shape index (κ3) is 4.88. The Morgan fingerprint density at radius 1 is 1.14 bits per heavy atom. The number of hydrogen-bond acceptors (Lipinski definition) is 4. The molecule has 2 aromatic rings. The lowest BCUT2D eigenvalue weighted by Crippen LogP contribution is -2.44. The van der Waals surface area contributed by atoms with Gasteiger partial charge in [0.25, 0.3) is 0 Å². The van der Waals surface area contributed by atoms with Gasteiger partial charge in [-0.1, -0.05) is 6.07 Å². The zero-order valence-corrected chi connectivity index (χ0v) is 15.2. The first-order chi connectivity index (χ1) is 13.2. The molecule has 0 aliphatic heterocycles. The number of aromatic hydroxyl groups is 1. The van der Waals surface area contributed by atoms with Crippen LogP contribution in [-0.2, 0) is 12.8 Å². The molecule has 1 aliphatic rings. The van der Waals surface area contributed by atoms with Gasteiger partial charge >= 0.3 is 12.5 Å². The minimum Gasteiger partial charge on any atom is -0.508 e. The number of carbonyl (C=O) groups is 1. The SMILES string of the molecule is CCN(C(=O)Oc1ccc(OC(F)(F)F)cc1)C1CCc2cc(O)ccc2C1. The molecule has 8 heteroatoms. The molecule has 0 saturated carbocycles. The number of phenolic OH excluding ortho intramolecular Hbond substituents is 1. The van der Waals surface area contributed by atoms with Crippen molar-refractivity contribution in [1.29, 1.82) is 0 Å². The van der Waals surface area contributed by atoms with E-state index in [1.165, 1.54) is 12.1 Å². The molecule has 1 amide bonds. The number of benzene rings is 2. The smallest absolute Gasteiger partial charge is 0.508 e. The first-order valence-electron chi connectivity index (χ1n) is 8.90. The number of phenols is 1. The van der Waals surface area contributed by atoms with E-state index < -0.39 is 12.5 Å².